The number of rotatable bonds is 3. The maximum Gasteiger partial charge on any atom is 0.303 e. The number of aliphatic hydroxyl groups is 1. The molecule has 6 heteroatoms. The molecule has 29 heavy (non-hydrogen) atoms. The molecule has 2 saturated carbocycles. The van der Waals surface area contributed by atoms with Gasteiger partial charge in [0, 0.05) is 30.1 Å². The minimum absolute atomic E-state index is 0.00823. The molecule has 0 spiro atoms. The van der Waals surface area contributed by atoms with E-state index in [0.717, 1.165) is 5.57 Å². The van der Waals surface area contributed by atoms with Crippen LogP contribution in [0, 0.1) is 28.6 Å². The molecule has 0 aliphatic heterocycles. The summed E-state index contributed by atoms with van der Waals surface area (Å²) in [7, 11) is 0. The van der Waals surface area contributed by atoms with Crippen molar-refractivity contribution in [2.24, 2.45) is 28.6 Å². The third kappa shape index (κ3) is 2.65. The lowest BCUT2D eigenvalue weighted by Gasteiger charge is -2.54. The Labute approximate surface area is 169 Å². The number of hydrogen-bond acceptors (Lipinski definition) is 6. The molecule has 0 radical (unpaired) electrons. The fourth-order valence-electron chi connectivity index (χ4n) is 6.25. The number of carbonyl (C=O) groups is 4. The summed E-state index contributed by atoms with van der Waals surface area (Å²) in [5.74, 6) is -1.73. The smallest absolute Gasteiger partial charge is 0.303 e. The van der Waals surface area contributed by atoms with E-state index < -0.39 is 34.8 Å². The predicted molar refractivity (Wildman–Crippen MR) is 104 cm³/mol. The largest absolute Gasteiger partial charge is 0.458 e. The molecule has 4 rings (SSSR count). The Bertz CT molecular complexity index is 910. The van der Waals surface area contributed by atoms with Gasteiger partial charge in [-0.1, -0.05) is 32.1 Å². The first-order chi connectivity index (χ1) is 13.5. The Kier molecular flexibility index (Phi) is 4.35. The lowest BCUT2D eigenvalue weighted by Crippen LogP contribution is -2.60. The van der Waals surface area contributed by atoms with E-state index in [0.29, 0.717) is 6.42 Å². The maximum atomic E-state index is 13.4. The van der Waals surface area contributed by atoms with Crippen LogP contribution in [0.25, 0.3) is 0 Å². The van der Waals surface area contributed by atoms with Crippen molar-refractivity contribution in [3.63, 3.8) is 0 Å². The van der Waals surface area contributed by atoms with Crippen LogP contribution in [-0.4, -0.2) is 40.6 Å². The monoisotopic (exact) mass is 398 g/mol. The number of carbonyl (C=O) groups excluding carboxylic acids is 4. The Morgan fingerprint density at radius 2 is 1.97 bits per heavy atom. The van der Waals surface area contributed by atoms with Gasteiger partial charge in [-0.05, 0) is 42.4 Å². The van der Waals surface area contributed by atoms with Gasteiger partial charge in [-0.3, -0.25) is 19.2 Å². The van der Waals surface area contributed by atoms with E-state index >= 15 is 0 Å². The molecule has 2 fully saturated rings. The summed E-state index contributed by atoms with van der Waals surface area (Å²) < 4.78 is 4.84. The van der Waals surface area contributed by atoms with Crippen molar-refractivity contribution in [3.8, 4) is 0 Å². The number of ether oxygens (including phenoxy) is 1. The van der Waals surface area contributed by atoms with E-state index in [1.807, 2.05) is 32.1 Å². The normalized spacial score (nSPS) is 42.6. The number of ketones is 3. The van der Waals surface area contributed by atoms with Gasteiger partial charge in [0.1, 0.15) is 11.4 Å². The van der Waals surface area contributed by atoms with Gasteiger partial charge in [-0.25, -0.2) is 0 Å². The van der Waals surface area contributed by atoms with Crippen LogP contribution < -0.4 is 0 Å². The number of Topliss-reactive ketones (excluding diaryl/α,β-unsaturated/α-hetero) is 2. The average Bonchev–Trinajstić information content (AvgIpc) is 2.91. The standard InChI is InChI=1S/C23H26O6/c1-13(24)29-12-19(27)23(28)9-7-17-16-5-4-14-10-15(25)6-8-21(14,2)20(16)18(26)11-22(17,23)3/h4-6,8,10,16-17,20,28H,7,9,11-12H2,1-3H3/t16-,17-,20+,21-,22-,23-/m0/s1. The van der Waals surface area contributed by atoms with Crippen molar-refractivity contribution in [2.45, 2.75) is 45.6 Å². The fourth-order valence-corrected chi connectivity index (χ4v) is 6.25. The molecule has 0 saturated heterocycles. The highest BCUT2D eigenvalue weighted by Gasteiger charge is 2.67. The van der Waals surface area contributed by atoms with Crippen LogP contribution in [0.2, 0.25) is 0 Å². The molecule has 0 aromatic carbocycles. The first kappa shape index (κ1) is 20.0. The molecular weight excluding hydrogens is 372 g/mol. The second-order valence-electron chi connectivity index (χ2n) is 9.30. The second-order valence-corrected chi connectivity index (χ2v) is 9.30. The summed E-state index contributed by atoms with van der Waals surface area (Å²) in [4.78, 5) is 49.1. The quantitative estimate of drug-likeness (QED) is 0.732. The highest BCUT2D eigenvalue weighted by Crippen LogP contribution is 2.64. The van der Waals surface area contributed by atoms with Crippen molar-refractivity contribution in [2.75, 3.05) is 6.61 Å². The summed E-state index contributed by atoms with van der Waals surface area (Å²) >= 11 is 0. The highest BCUT2D eigenvalue weighted by atomic mass is 16.5. The van der Waals surface area contributed by atoms with Crippen LogP contribution in [0.5, 0.6) is 0 Å². The van der Waals surface area contributed by atoms with Gasteiger partial charge in [-0.15, -0.1) is 0 Å². The second kappa shape index (κ2) is 6.33. The summed E-state index contributed by atoms with van der Waals surface area (Å²) in [6.07, 6.45) is 9.77. The zero-order valence-corrected chi connectivity index (χ0v) is 16.9. The zero-order chi connectivity index (χ0) is 21.2. The van der Waals surface area contributed by atoms with Crippen LogP contribution in [0.3, 0.4) is 0 Å². The third-order valence-electron chi connectivity index (χ3n) is 7.84. The number of esters is 1. The lowest BCUT2D eigenvalue weighted by atomic mass is 9.48. The van der Waals surface area contributed by atoms with E-state index in [-0.39, 0.29) is 42.2 Å². The van der Waals surface area contributed by atoms with E-state index in [1.165, 1.54) is 13.0 Å². The van der Waals surface area contributed by atoms with Crippen molar-refractivity contribution in [3.05, 3.63) is 36.0 Å². The summed E-state index contributed by atoms with van der Waals surface area (Å²) in [5, 5.41) is 11.4. The first-order valence-electron chi connectivity index (χ1n) is 10.1. The Morgan fingerprint density at radius 1 is 1.24 bits per heavy atom. The molecule has 0 bridgehead atoms. The average molecular weight is 398 g/mol. The SMILES string of the molecule is CC(=O)OCC(=O)[C@@]1(O)CC[C@H]2[C@@H]3C=CC4=CC(=O)C=C[C@]4(C)[C@H]3C(=O)C[C@@]21C. The van der Waals surface area contributed by atoms with Crippen molar-refractivity contribution in [1.82, 2.24) is 0 Å². The molecule has 4 aliphatic carbocycles. The van der Waals surface area contributed by atoms with Gasteiger partial charge in [0.25, 0.3) is 0 Å². The summed E-state index contributed by atoms with van der Waals surface area (Å²) in [6, 6.07) is 0. The van der Waals surface area contributed by atoms with Crippen LogP contribution in [-0.2, 0) is 23.9 Å². The molecule has 6 atom stereocenters. The van der Waals surface area contributed by atoms with Crippen molar-refractivity contribution < 1.29 is 29.0 Å². The van der Waals surface area contributed by atoms with Crippen LogP contribution in [0.1, 0.15) is 40.0 Å². The van der Waals surface area contributed by atoms with Crippen LogP contribution >= 0.6 is 0 Å². The topological polar surface area (TPSA) is 97.7 Å². The number of hydrogen-bond donors (Lipinski definition) is 1. The van der Waals surface area contributed by atoms with Gasteiger partial charge in [-0.2, -0.15) is 0 Å². The predicted octanol–water partition coefficient (Wildman–Crippen LogP) is 2.11. The van der Waals surface area contributed by atoms with Crippen molar-refractivity contribution >= 4 is 23.3 Å². The minimum atomic E-state index is -1.70. The highest BCUT2D eigenvalue weighted by molar-refractivity contribution is 6.02. The number of allylic oxidation sites excluding steroid dienone is 6. The van der Waals surface area contributed by atoms with Crippen molar-refractivity contribution in [1.29, 1.82) is 0 Å². The van der Waals surface area contributed by atoms with Gasteiger partial charge in [0.2, 0.25) is 5.78 Å². The van der Waals surface area contributed by atoms with E-state index in [9.17, 15) is 24.3 Å². The fraction of sp³-hybridized carbons (Fsp3) is 0.565. The minimum Gasteiger partial charge on any atom is -0.458 e. The Hall–Kier alpha value is -2.34. The molecule has 0 aromatic heterocycles. The molecule has 0 amide bonds. The molecular formula is C23H26O6. The molecule has 154 valence electrons. The molecule has 0 heterocycles. The Morgan fingerprint density at radius 3 is 2.66 bits per heavy atom. The number of fused-ring (bicyclic) bond motifs is 5. The lowest BCUT2D eigenvalue weighted by molar-refractivity contribution is -0.169. The summed E-state index contributed by atoms with van der Waals surface area (Å²) in [6.45, 7) is 4.52. The molecule has 1 N–H and O–H groups in total. The van der Waals surface area contributed by atoms with E-state index in [2.05, 4.69) is 0 Å². The van der Waals surface area contributed by atoms with Gasteiger partial charge < -0.3 is 9.84 Å². The molecule has 0 unspecified atom stereocenters. The first-order valence-corrected chi connectivity index (χ1v) is 10.1. The van der Waals surface area contributed by atoms with Gasteiger partial charge in [0.15, 0.2) is 12.4 Å². The molecule has 6 nitrogen and oxygen atoms in total. The van der Waals surface area contributed by atoms with Crippen LogP contribution in [0.4, 0.5) is 0 Å². The molecule has 0 aromatic rings. The maximum absolute atomic E-state index is 13.4. The zero-order valence-electron chi connectivity index (χ0n) is 16.9. The third-order valence-corrected chi connectivity index (χ3v) is 7.84. The van der Waals surface area contributed by atoms with Gasteiger partial charge >= 0.3 is 5.97 Å². The van der Waals surface area contributed by atoms with Crippen LogP contribution in [0.15, 0.2) is 36.0 Å². The van der Waals surface area contributed by atoms with Gasteiger partial charge in [0.05, 0.1) is 0 Å². The Balaban J connectivity index is 1.71. The molecule has 4 aliphatic rings. The summed E-state index contributed by atoms with van der Waals surface area (Å²) in [5.41, 5.74) is -2.34. The van der Waals surface area contributed by atoms with E-state index in [1.54, 1.807) is 6.08 Å². The van der Waals surface area contributed by atoms with E-state index in [4.69, 9.17) is 4.74 Å².